The highest BCUT2D eigenvalue weighted by molar-refractivity contribution is 6.06. The minimum Gasteiger partial charge on any atom is -0.504 e. The number of nitrogens with zero attached hydrogens (tertiary/aromatic N) is 2. The standard InChI is InChI=1S/C8H5F3N2O2/c9-8(10,11)7(15)5(4-14)6-3-12-1-2-13-6/h1-4,15H/b7-5-. The average molecular weight is 218 g/mol. The number of aliphatic hydroxyl groups excluding tert-OH is 1. The quantitative estimate of drug-likeness (QED) is 0.464. The highest BCUT2D eigenvalue weighted by Gasteiger charge is 2.37. The molecule has 0 unspecified atom stereocenters. The lowest BCUT2D eigenvalue weighted by Crippen LogP contribution is -2.14. The van der Waals surface area contributed by atoms with Crippen molar-refractivity contribution in [2.24, 2.45) is 0 Å². The predicted octanol–water partition coefficient (Wildman–Crippen LogP) is 1.51. The molecule has 0 aliphatic heterocycles. The van der Waals surface area contributed by atoms with E-state index in [0.717, 1.165) is 12.4 Å². The van der Waals surface area contributed by atoms with Gasteiger partial charge in [-0.05, 0) is 0 Å². The summed E-state index contributed by atoms with van der Waals surface area (Å²) in [4.78, 5) is 17.4. The maximum absolute atomic E-state index is 12.1. The first kappa shape index (κ1) is 11.2. The largest absolute Gasteiger partial charge is 0.504 e. The smallest absolute Gasteiger partial charge is 0.449 e. The first-order chi connectivity index (χ1) is 6.96. The van der Waals surface area contributed by atoms with Gasteiger partial charge in [0.05, 0.1) is 17.5 Å². The van der Waals surface area contributed by atoms with E-state index in [0.29, 0.717) is 0 Å². The van der Waals surface area contributed by atoms with Crippen LogP contribution in [0, 0.1) is 0 Å². The Hall–Kier alpha value is -1.92. The van der Waals surface area contributed by atoms with Crippen molar-refractivity contribution in [3.63, 3.8) is 0 Å². The Balaban J connectivity index is 3.26. The van der Waals surface area contributed by atoms with E-state index in [1.54, 1.807) is 0 Å². The van der Waals surface area contributed by atoms with E-state index < -0.39 is 17.5 Å². The Morgan fingerprint density at radius 3 is 2.47 bits per heavy atom. The lowest BCUT2D eigenvalue weighted by atomic mass is 10.2. The average Bonchev–Trinajstić information content (AvgIpc) is 2.19. The maximum Gasteiger partial charge on any atom is 0.449 e. The van der Waals surface area contributed by atoms with Crippen molar-refractivity contribution < 1.29 is 23.1 Å². The van der Waals surface area contributed by atoms with Crippen LogP contribution in [0.3, 0.4) is 0 Å². The Morgan fingerprint density at radius 1 is 1.40 bits per heavy atom. The van der Waals surface area contributed by atoms with Crippen molar-refractivity contribution in [3.05, 3.63) is 30.0 Å². The van der Waals surface area contributed by atoms with Gasteiger partial charge in [0, 0.05) is 12.4 Å². The molecule has 7 heteroatoms. The molecule has 4 nitrogen and oxygen atoms in total. The van der Waals surface area contributed by atoms with E-state index in [1.807, 2.05) is 0 Å². The molecule has 1 N–H and O–H groups in total. The highest BCUT2D eigenvalue weighted by atomic mass is 19.4. The number of aliphatic hydroxyl groups is 1. The van der Waals surface area contributed by atoms with Gasteiger partial charge in [0.25, 0.3) is 0 Å². The lowest BCUT2D eigenvalue weighted by Gasteiger charge is -2.07. The van der Waals surface area contributed by atoms with E-state index >= 15 is 0 Å². The van der Waals surface area contributed by atoms with Crippen LogP contribution >= 0.6 is 0 Å². The molecule has 15 heavy (non-hydrogen) atoms. The molecule has 0 amide bonds. The topological polar surface area (TPSA) is 63.1 Å². The number of aldehydes is 1. The van der Waals surface area contributed by atoms with Crippen LogP contribution in [-0.4, -0.2) is 27.5 Å². The third kappa shape index (κ3) is 2.52. The second-order valence-electron chi connectivity index (χ2n) is 2.47. The third-order valence-corrected chi connectivity index (χ3v) is 1.48. The van der Waals surface area contributed by atoms with Crippen LogP contribution < -0.4 is 0 Å². The molecule has 80 valence electrons. The molecule has 1 aromatic heterocycles. The van der Waals surface area contributed by atoms with Crippen molar-refractivity contribution in [1.82, 2.24) is 9.97 Å². The molecule has 0 aliphatic carbocycles. The summed E-state index contributed by atoms with van der Waals surface area (Å²) in [6.07, 6.45) is -1.80. The minimum atomic E-state index is -4.98. The van der Waals surface area contributed by atoms with Crippen LogP contribution in [0.5, 0.6) is 0 Å². The summed E-state index contributed by atoms with van der Waals surface area (Å²) in [5, 5.41) is 8.75. The van der Waals surface area contributed by atoms with Crippen molar-refractivity contribution in [2.45, 2.75) is 6.18 Å². The number of carbonyl (C=O) groups excluding carboxylic acids is 1. The number of rotatable bonds is 2. The summed E-state index contributed by atoms with van der Waals surface area (Å²) in [6, 6.07) is 0. The first-order valence-corrected chi connectivity index (χ1v) is 3.69. The molecule has 0 aliphatic rings. The van der Waals surface area contributed by atoms with Gasteiger partial charge < -0.3 is 5.11 Å². The SMILES string of the molecule is O=C/C(=C(/O)C(F)(F)F)c1cnccn1. The molecule has 0 radical (unpaired) electrons. The maximum atomic E-state index is 12.1. The predicted molar refractivity (Wildman–Crippen MR) is 43.7 cm³/mol. The molecule has 1 aromatic rings. The fraction of sp³-hybridized carbons (Fsp3) is 0.125. The number of hydrogen-bond donors (Lipinski definition) is 1. The van der Waals surface area contributed by atoms with Crippen LogP contribution in [0.1, 0.15) is 5.69 Å². The van der Waals surface area contributed by atoms with Gasteiger partial charge >= 0.3 is 6.18 Å². The monoisotopic (exact) mass is 218 g/mol. The van der Waals surface area contributed by atoms with Gasteiger partial charge in [0.1, 0.15) is 0 Å². The summed E-state index contributed by atoms with van der Waals surface area (Å²) in [5.41, 5.74) is -1.27. The van der Waals surface area contributed by atoms with Gasteiger partial charge in [-0.3, -0.25) is 14.8 Å². The van der Waals surface area contributed by atoms with Crippen molar-refractivity contribution in [1.29, 1.82) is 0 Å². The Labute approximate surface area is 82.1 Å². The molecule has 0 saturated heterocycles. The van der Waals surface area contributed by atoms with Gasteiger partial charge in [-0.1, -0.05) is 0 Å². The molecule has 0 saturated carbocycles. The van der Waals surface area contributed by atoms with Gasteiger partial charge in [-0.15, -0.1) is 0 Å². The minimum absolute atomic E-state index is 0.118. The Morgan fingerprint density at radius 2 is 2.07 bits per heavy atom. The second-order valence-corrected chi connectivity index (χ2v) is 2.47. The number of allylic oxidation sites excluding steroid dienone is 2. The van der Waals surface area contributed by atoms with Crippen molar-refractivity contribution in [3.8, 4) is 0 Å². The molecule has 0 fully saturated rings. The fourth-order valence-electron chi connectivity index (χ4n) is 0.828. The molecular weight excluding hydrogens is 213 g/mol. The number of halogens is 3. The van der Waals surface area contributed by atoms with Crippen molar-refractivity contribution >= 4 is 11.9 Å². The second kappa shape index (κ2) is 4.07. The van der Waals surface area contributed by atoms with E-state index in [-0.39, 0.29) is 12.0 Å². The number of aromatic nitrogens is 2. The van der Waals surface area contributed by atoms with E-state index in [1.165, 1.54) is 6.20 Å². The first-order valence-electron chi connectivity index (χ1n) is 3.69. The molecule has 0 spiro atoms. The van der Waals surface area contributed by atoms with Gasteiger partial charge in [0.15, 0.2) is 6.29 Å². The fourth-order valence-corrected chi connectivity index (χ4v) is 0.828. The van der Waals surface area contributed by atoms with Crippen LogP contribution in [-0.2, 0) is 4.79 Å². The molecule has 0 atom stereocenters. The number of alkyl halides is 3. The van der Waals surface area contributed by atoms with E-state index in [2.05, 4.69) is 9.97 Å². The Kier molecular flexibility index (Phi) is 3.03. The molecule has 1 rings (SSSR count). The van der Waals surface area contributed by atoms with E-state index in [4.69, 9.17) is 5.11 Å². The zero-order valence-electron chi connectivity index (χ0n) is 7.19. The lowest BCUT2D eigenvalue weighted by molar-refractivity contribution is -0.121. The van der Waals surface area contributed by atoms with Crippen LogP contribution in [0.15, 0.2) is 24.3 Å². The molecular formula is C8H5F3N2O2. The number of carbonyl (C=O) groups is 1. The summed E-state index contributed by atoms with van der Waals surface area (Å²) in [5.74, 6) is -1.97. The van der Waals surface area contributed by atoms with E-state index in [9.17, 15) is 18.0 Å². The summed E-state index contributed by atoms with van der Waals surface area (Å²) < 4.78 is 36.2. The summed E-state index contributed by atoms with van der Waals surface area (Å²) in [6.45, 7) is 0. The summed E-state index contributed by atoms with van der Waals surface area (Å²) in [7, 11) is 0. The van der Waals surface area contributed by atoms with Gasteiger partial charge in [-0.2, -0.15) is 13.2 Å². The zero-order valence-corrected chi connectivity index (χ0v) is 7.19. The zero-order chi connectivity index (χ0) is 11.5. The Bertz CT molecular complexity index is 387. The third-order valence-electron chi connectivity index (χ3n) is 1.48. The number of hydrogen-bond acceptors (Lipinski definition) is 4. The van der Waals surface area contributed by atoms with Crippen molar-refractivity contribution in [2.75, 3.05) is 0 Å². The normalized spacial score (nSPS) is 13.3. The van der Waals surface area contributed by atoms with Gasteiger partial charge in [-0.25, -0.2) is 0 Å². The van der Waals surface area contributed by atoms with Crippen LogP contribution in [0.4, 0.5) is 13.2 Å². The molecule has 0 bridgehead atoms. The van der Waals surface area contributed by atoms with Gasteiger partial charge in [0.2, 0.25) is 5.76 Å². The van der Waals surface area contributed by atoms with Crippen LogP contribution in [0.25, 0.3) is 5.57 Å². The highest BCUT2D eigenvalue weighted by Crippen LogP contribution is 2.28. The molecule has 0 aromatic carbocycles. The molecule has 1 heterocycles. The van der Waals surface area contributed by atoms with Crippen LogP contribution in [0.2, 0.25) is 0 Å². The summed E-state index contributed by atoms with van der Waals surface area (Å²) >= 11 is 0.